The van der Waals surface area contributed by atoms with Crippen molar-refractivity contribution in [3.05, 3.63) is 24.0 Å². The summed E-state index contributed by atoms with van der Waals surface area (Å²) in [5.41, 5.74) is 1.78. The van der Waals surface area contributed by atoms with Crippen LogP contribution in [0.3, 0.4) is 0 Å². The second-order valence-corrected chi connectivity index (χ2v) is 5.85. The van der Waals surface area contributed by atoms with Crippen molar-refractivity contribution in [2.75, 3.05) is 20.2 Å². The molecule has 3 N–H and O–H groups in total. The zero-order valence-corrected chi connectivity index (χ0v) is 12.6. The first kappa shape index (κ1) is 14.8. The predicted octanol–water partition coefficient (Wildman–Crippen LogP) is 1.81. The van der Waals surface area contributed by atoms with Gasteiger partial charge in [0.15, 0.2) is 0 Å². The molecule has 3 rings (SSSR count). The molecule has 6 heteroatoms. The second-order valence-electron chi connectivity index (χ2n) is 5.85. The van der Waals surface area contributed by atoms with E-state index in [2.05, 4.69) is 15.3 Å². The minimum absolute atomic E-state index is 0.203. The third-order valence-electron chi connectivity index (χ3n) is 4.40. The number of nitrogens with one attached hydrogen (secondary N) is 2. The van der Waals surface area contributed by atoms with Gasteiger partial charge < -0.3 is 20.1 Å². The van der Waals surface area contributed by atoms with Crippen LogP contribution in [0.25, 0.3) is 11.0 Å². The Bertz CT molecular complexity index is 668. The van der Waals surface area contributed by atoms with Crippen molar-refractivity contribution in [1.29, 1.82) is 0 Å². The topological polar surface area (TPSA) is 87.2 Å². The highest BCUT2D eigenvalue weighted by atomic mass is 16.5. The summed E-state index contributed by atoms with van der Waals surface area (Å²) < 4.78 is 5.33. The molecule has 118 valence electrons. The molecular weight excluding hydrogens is 282 g/mol. The lowest BCUT2D eigenvalue weighted by Crippen LogP contribution is -2.38. The van der Waals surface area contributed by atoms with Gasteiger partial charge in [-0.2, -0.15) is 0 Å². The number of aromatic nitrogens is 2. The highest BCUT2D eigenvalue weighted by Gasteiger charge is 2.28. The number of H-pyrrole nitrogens is 1. The largest absolute Gasteiger partial charge is 0.494 e. The number of carbonyl (C=O) groups is 1. The average molecular weight is 303 g/mol. The van der Waals surface area contributed by atoms with Gasteiger partial charge in [0.05, 0.1) is 12.6 Å². The van der Waals surface area contributed by atoms with Gasteiger partial charge in [0.1, 0.15) is 17.1 Å². The monoisotopic (exact) mass is 303 g/mol. The fourth-order valence-electron chi connectivity index (χ4n) is 3.28. The van der Waals surface area contributed by atoms with Crippen molar-refractivity contribution in [3.8, 4) is 5.75 Å². The van der Waals surface area contributed by atoms with Crippen molar-refractivity contribution >= 4 is 17.0 Å². The van der Waals surface area contributed by atoms with E-state index in [9.17, 15) is 4.79 Å². The van der Waals surface area contributed by atoms with Crippen molar-refractivity contribution in [3.63, 3.8) is 0 Å². The van der Waals surface area contributed by atoms with Gasteiger partial charge in [-0.15, -0.1) is 0 Å². The maximum absolute atomic E-state index is 11.0. The van der Waals surface area contributed by atoms with Gasteiger partial charge in [0.25, 0.3) is 0 Å². The van der Waals surface area contributed by atoms with Crippen LogP contribution in [0.1, 0.15) is 18.7 Å². The van der Waals surface area contributed by atoms with Crippen LogP contribution >= 0.6 is 0 Å². The van der Waals surface area contributed by atoms with E-state index in [-0.39, 0.29) is 18.3 Å². The molecule has 1 aromatic heterocycles. The van der Waals surface area contributed by atoms with Crippen LogP contribution in [0, 0.1) is 11.8 Å². The first-order valence-corrected chi connectivity index (χ1v) is 7.61. The van der Waals surface area contributed by atoms with Gasteiger partial charge in [-0.1, -0.05) is 6.07 Å². The number of hydrogen-bond acceptors (Lipinski definition) is 4. The average Bonchev–Trinajstić information content (AvgIpc) is 2.91. The number of aromatic amines is 1. The molecule has 1 aromatic carbocycles. The minimum Gasteiger partial charge on any atom is -0.494 e. The van der Waals surface area contributed by atoms with Crippen LogP contribution in [0.15, 0.2) is 18.2 Å². The Labute approximate surface area is 128 Å². The number of hydrogen-bond donors (Lipinski definition) is 3. The number of benzene rings is 1. The number of imidazole rings is 1. The molecule has 2 atom stereocenters. The number of nitrogens with zero attached hydrogens (tertiary/aromatic N) is 1. The van der Waals surface area contributed by atoms with Crippen molar-refractivity contribution in [1.82, 2.24) is 15.3 Å². The molecule has 1 fully saturated rings. The summed E-state index contributed by atoms with van der Waals surface area (Å²) in [6.07, 6.45) is 1.89. The summed E-state index contributed by atoms with van der Waals surface area (Å²) in [5, 5.41) is 12.4. The lowest BCUT2D eigenvalue weighted by molar-refractivity contribution is -0.138. The Hall–Kier alpha value is -2.08. The number of para-hydroxylation sites is 1. The van der Waals surface area contributed by atoms with Gasteiger partial charge >= 0.3 is 5.97 Å². The molecule has 6 nitrogen and oxygen atoms in total. The summed E-state index contributed by atoms with van der Waals surface area (Å²) in [4.78, 5) is 19.0. The summed E-state index contributed by atoms with van der Waals surface area (Å²) in [6, 6.07) is 5.79. The lowest BCUT2D eigenvalue weighted by Gasteiger charge is -2.30. The fraction of sp³-hybridized carbons (Fsp3) is 0.500. The molecule has 2 unspecified atom stereocenters. The van der Waals surface area contributed by atoms with Gasteiger partial charge in [0, 0.05) is 12.8 Å². The zero-order valence-electron chi connectivity index (χ0n) is 12.6. The van der Waals surface area contributed by atoms with E-state index in [1.165, 1.54) is 0 Å². The molecule has 0 bridgehead atoms. The SMILES string of the molecule is COc1cccc2[nH]c(CC3CNCCC3CC(=O)O)nc12. The van der Waals surface area contributed by atoms with E-state index >= 15 is 0 Å². The van der Waals surface area contributed by atoms with E-state index in [1.54, 1.807) is 7.11 Å². The first-order chi connectivity index (χ1) is 10.7. The summed E-state index contributed by atoms with van der Waals surface area (Å²) in [5.74, 6) is 1.42. The van der Waals surface area contributed by atoms with E-state index in [1.807, 2.05) is 18.2 Å². The van der Waals surface area contributed by atoms with Crippen LogP contribution in [-0.2, 0) is 11.2 Å². The first-order valence-electron chi connectivity index (χ1n) is 7.61. The molecule has 2 aromatic rings. The molecule has 1 saturated heterocycles. The van der Waals surface area contributed by atoms with Crippen molar-refractivity contribution in [2.24, 2.45) is 11.8 Å². The number of methoxy groups -OCH3 is 1. The zero-order chi connectivity index (χ0) is 15.5. The van der Waals surface area contributed by atoms with Crippen LogP contribution in [0.2, 0.25) is 0 Å². The number of ether oxygens (including phenoxy) is 1. The van der Waals surface area contributed by atoms with Gasteiger partial charge in [0.2, 0.25) is 0 Å². The Morgan fingerprint density at radius 2 is 2.32 bits per heavy atom. The quantitative estimate of drug-likeness (QED) is 0.784. The molecule has 2 heterocycles. The minimum atomic E-state index is -0.719. The normalized spacial score (nSPS) is 21.9. The third kappa shape index (κ3) is 3.06. The Morgan fingerprint density at radius 3 is 3.09 bits per heavy atom. The lowest BCUT2D eigenvalue weighted by atomic mass is 9.82. The number of carboxylic acids is 1. The molecule has 22 heavy (non-hydrogen) atoms. The smallest absolute Gasteiger partial charge is 0.303 e. The van der Waals surface area contributed by atoms with Gasteiger partial charge in [-0.3, -0.25) is 4.79 Å². The van der Waals surface area contributed by atoms with E-state index in [0.717, 1.165) is 48.5 Å². The molecule has 0 spiro atoms. The number of fused-ring (bicyclic) bond motifs is 1. The predicted molar refractivity (Wildman–Crippen MR) is 83.1 cm³/mol. The van der Waals surface area contributed by atoms with E-state index < -0.39 is 5.97 Å². The maximum Gasteiger partial charge on any atom is 0.303 e. The Kier molecular flexibility index (Phi) is 4.29. The molecule has 1 aliphatic rings. The van der Waals surface area contributed by atoms with Gasteiger partial charge in [-0.05, 0) is 43.5 Å². The van der Waals surface area contributed by atoms with Crippen molar-refractivity contribution < 1.29 is 14.6 Å². The third-order valence-corrected chi connectivity index (χ3v) is 4.40. The summed E-state index contributed by atoms with van der Waals surface area (Å²) in [6.45, 7) is 1.73. The number of piperidine rings is 1. The molecule has 1 aliphatic heterocycles. The van der Waals surface area contributed by atoms with Crippen molar-refractivity contribution in [2.45, 2.75) is 19.3 Å². The van der Waals surface area contributed by atoms with Crippen LogP contribution in [-0.4, -0.2) is 41.2 Å². The molecular formula is C16H21N3O3. The Morgan fingerprint density at radius 1 is 1.45 bits per heavy atom. The second kappa shape index (κ2) is 6.36. The standard InChI is InChI=1S/C16H21N3O3/c1-22-13-4-2-3-12-16(13)19-14(18-12)7-11-9-17-6-5-10(11)8-15(20)21/h2-4,10-11,17H,5-9H2,1H3,(H,18,19)(H,20,21). The number of carboxylic acid groups (broad SMARTS) is 1. The number of rotatable bonds is 5. The molecule has 0 aliphatic carbocycles. The highest BCUT2D eigenvalue weighted by molar-refractivity contribution is 5.81. The van der Waals surface area contributed by atoms with Crippen LogP contribution < -0.4 is 10.1 Å². The summed E-state index contributed by atoms with van der Waals surface area (Å²) in [7, 11) is 1.64. The highest BCUT2D eigenvalue weighted by Crippen LogP contribution is 2.28. The van der Waals surface area contributed by atoms with E-state index in [4.69, 9.17) is 9.84 Å². The fourth-order valence-corrected chi connectivity index (χ4v) is 3.28. The van der Waals surface area contributed by atoms with Crippen LogP contribution in [0.4, 0.5) is 0 Å². The maximum atomic E-state index is 11.0. The molecule has 0 amide bonds. The molecule has 0 radical (unpaired) electrons. The summed E-state index contributed by atoms with van der Waals surface area (Å²) >= 11 is 0. The number of aliphatic carboxylic acids is 1. The van der Waals surface area contributed by atoms with Gasteiger partial charge in [-0.25, -0.2) is 4.98 Å². The van der Waals surface area contributed by atoms with Crippen LogP contribution in [0.5, 0.6) is 5.75 Å². The Balaban J connectivity index is 1.80. The van der Waals surface area contributed by atoms with E-state index in [0.29, 0.717) is 0 Å². The molecule has 0 saturated carbocycles.